The summed E-state index contributed by atoms with van der Waals surface area (Å²) < 4.78 is 0. The molecule has 186 valence electrons. The van der Waals surface area contributed by atoms with Crippen molar-refractivity contribution in [2.24, 2.45) is 23.7 Å². The minimum atomic E-state index is 1.05. The Balaban J connectivity index is 2.47. The summed E-state index contributed by atoms with van der Waals surface area (Å²) in [6.45, 7) is 9.42. The van der Waals surface area contributed by atoms with Crippen molar-refractivity contribution >= 4 is 0 Å². The Bertz CT molecular complexity index is 351. The summed E-state index contributed by atoms with van der Waals surface area (Å²) >= 11 is 0. The molecule has 31 heavy (non-hydrogen) atoms. The fraction of sp³-hybridized carbons (Fsp3) is 1.00. The van der Waals surface area contributed by atoms with Gasteiger partial charge in [-0.2, -0.15) is 0 Å². The fourth-order valence-electron chi connectivity index (χ4n) is 6.46. The van der Waals surface area contributed by atoms with E-state index in [1.165, 1.54) is 109 Å². The van der Waals surface area contributed by atoms with Crippen LogP contribution >= 0.6 is 0 Å². The van der Waals surface area contributed by atoms with Crippen molar-refractivity contribution in [3.63, 3.8) is 0 Å². The number of unbranched alkanes of at least 4 members (excludes halogenated alkanes) is 11. The number of rotatable bonds is 21. The monoisotopic (exact) mass is 434 g/mol. The van der Waals surface area contributed by atoms with Gasteiger partial charge in [-0.1, -0.05) is 150 Å². The molecule has 0 aromatic carbocycles. The third-order valence-electron chi connectivity index (χ3n) is 8.61. The van der Waals surface area contributed by atoms with Gasteiger partial charge in [0.25, 0.3) is 0 Å². The normalized spacial score (nSPS) is 21.3. The van der Waals surface area contributed by atoms with Crippen LogP contribution in [-0.4, -0.2) is 0 Å². The lowest BCUT2D eigenvalue weighted by atomic mass is 9.68. The van der Waals surface area contributed by atoms with Crippen LogP contribution < -0.4 is 0 Å². The molecule has 0 heteroatoms. The summed E-state index contributed by atoms with van der Waals surface area (Å²) in [4.78, 5) is 0. The van der Waals surface area contributed by atoms with E-state index < -0.39 is 0 Å². The summed E-state index contributed by atoms with van der Waals surface area (Å²) in [6, 6.07) is 0. The highest BCUT2D eigenvalue weighted by Gasteiger charge is 2.30. The third-order valence-corrected chi connectivity index (χ3v) is 8.61. The molecular weight excluding hydrogens is 372 g/mol. The Kier molecular flexibility index (Phi) is 19.3. The van der Waals surface area contributed by atoms with Crippen LogP contribution in [0.25, 0.3) is 0 Å². The maximum atomic E-state index is 2.38. The molecule has 1 fully saturated rings. The quantitative estimate of drug-likeness (QED) is 0.157. The Morgan fingerprint density at radius 2 is 0.677 bits per heavy atom. The highest BCUT2D eigenvalue weighted by molar-refractivity contribution is 4.82. The van der Waals surface area contributed by atoms with E-state index in [1.54, 1.807) is 38.5 Å². The molecule has 0 heterocycles. The summed E-state index contributed by atoms with van der Waals surface area (Å²) in [6.07, 6.45) is 34.2. The second kappa shape index (κ2) is 20.6. The minimum absolute atomic E-state index is 1.05. The third kappa shape index (κ3) is 14.0. The predicted octanol–water partition coefficient (Wildman–Crippen LogP) is 11.5. The molecule has 0 nitrogen and oxygen atoms in total. The van der Waals surface area contributed by atoms with Crippen LogP contribution in [0.15, 0.2) is 0 Å². The molecule has 0 spiro atoms. The zero-order valence-electron chi connectivity index (χ0n) is 22.6. The van der Waals surface area contributed by atoms with E-state index >= 15 is 0 Å². The SMILES string of the molecule is CCCCCCCCC(CCCCCC)C1CCC(C(CCCC)CCCCC)CC1. The van der Waals surface area contributed by atoms with Gasteiger partial charge in [-0.15, -0.1) is 0 Å². The first-order chi connectivity index (χ1) is 15.3. The Morgan fingerprint density at radius 3 is 1.13 bits per heavy atom. The molecule has 0 saturated heterocycles. The highest BCUT2D eigenvalue weighted by Crippen LogP contribution is 2.42. The lowest BCUT2D eigenvalue weighted by Gasteiger charge is -2.38. The minimum Gasteiger partial charge on any atom is -0.0654 e. The van der Waals surface area contributed by atoms with Gasteiger partial charge in [-0.3, -0.25) is 0 Å². The first kappa shape index (κ1) is 29.0. The summed E-state index contributed by atoms with van der Waals surface area (Å²) in [5.74, 6) is 4.23. The summed E-state index contributed by atoms with van der Waals surface area (Å²) in [5, 5.41) is 0. The molecule has 0 N–H and O–H groups in total. The molecule has 1 aliphatic carbocycles. The van der Waals surface area contributed by atoms with Gasteiger partial charge in [-0.05, 0) is 49.4 Å². The van der Waals surface area contributed by atoms with Crippen LogP contribution in [0.5, 0.6) is 0 Å². The summed E-state index contributed by atoms with van der Waals surface area (Å²) in [5.41, 5.74) is 0. The molecule has 0 radical (unpaired) electrons. The first-order valence-corrected chi connectivity index (χ1v) is 15.3. The van der Waals surface area contributed by atoms with E-state index in [1.807, 2.05) is 0 Å². The van der Waals surface area contributed by atoms with Gasteiger partial charge in [0, 0.05) is 0 Å². The molecular formula is C31H62. The molecule has 2 atom stereocenters. The Morgan fingerprint density at radius 1 is 0.387 bits per heavy atom. The van der Waals surface area contributed by atoms with Crippen LogP contribution in [0.3, 0.4) is 0 Å². The maximum Gasteiger partial charge on any atom is -0.0386 e. The van der Waals surface area contributed by atoms with E-state index in [9.17, 15) is 0 Å². The van der Waals surface area contributed by atoms with Crippen molar-refractivity contribution in [1.82, 2.24) is 0 Å². The molecule has 1 saturated carbocycles. The molecule has 1 rings (SSSR count). The van der Waals surface area contributed by atoms with Gasteiger partial charge in [-0.25, -0.2) is 0 Å². The number of hydrogen-bond acceptors (Lipinski definition) is 0. The van der Waals surface area contributed by atoms with E-state index in [-0.39, 0.29) is 0 Å². The average Bonchev–Trinajstić information content (AvgIpc) is 2.80. The Hall–Kier alpha value is 0. The zero-order chi connectivity index (χ0) is 22.6. The zero-order valence-corrected chi connectivity index (χ0v) is 22.6. The van der Waals surface area contributed by atoms with Gasteiger partial charge >= 0.3 is 0 Å². The van der Waals surface area contributed by atoms with Crippen LogP contribution in [-0.2, 0) is 0 Å². The van der Waals surface area contributed by atoms with Crippen molar-refractivity contribution in [2.75, 3.05) is 0 Å². The Labute approximate surface area is 199 Å². The predicted molar refractivity (Wildman–Crippen MR) is 143 cm³/mol. The van der Waals surface area contributed by atoms with Gasteiger partial charge in [0.15, 0.2) is 0 Å². The standard InChI is InChI=1S/C31H62/c1-5-9-13-15-16-19-23-29(22-18-14-10-6-2)31-26-24-30(25-27-31)28(20-12-8-4)21-17-11-7-3/h28-31H,5-27H2,1-4H3. The van der Waals surface area contributed by atoms with E-state index in [2.05, 4.69) is 27.7 Å². The molecule has 0 aromatic rings. The summed E-state index contributed by atoms with van der Waals surface area (Å²) in [7, 11) is 0. The fourth-order valence-corrected chi connectivity index (χ4v) is 6.46. The largest absolute Gasteiger partial charge is 0.0654 e. The smallest absolute Gasteiger partial charge is 0.0386 e. The van der Waals surface area contributed by atoms with Crippen LogP contribution in [0.4, 0.5) is 0 Å². The van der Waals surface area contributed by atoms with Gasteiger partial charge in [0.05, 0.1) is 0 Å². The lowest BCUT2D eigenvalue weighted by molar-refractivity contribution is 0.137. The average molecular weight is 435 g/mol. The van der Waals surface area contributed by atoms with Crippen molar-refractivity contribution < 1.29 is 0 Å². The molecule has 0 bridgehead atoms. The highest BCUT2D eigenvalue weighted by atomic mass is 14.4. The van der Waals surface area contributed by atoms with Crippen LogP contribution in [0.2, 0.25) is 0 Å². The topological polar surface area (TPSA) is 0 Å². The van der Waals surface area contributed by atoms with Gasteiger partial charge in [0.1, 0.15) is 0 Å². The van der Waals surface area contributed by atoms with Gasteiger partial charge < -0.3 is 0 Å². The maximum absolute atomic E-state index is 2.38. The van der Waals surface area contributed by atoms with Gasteiger partial charge in [0.2, 0.25) is 0 Å². The molecule has 0 aromatic heterocycles. The number of hydrogen-bond donors (Lipinski definition) is 0. The van der Waals surface area contributed by atoms with Crippen LogP contribution in [0, 0.1) is 23.7 Å². The van der Waals surface area contributed by atoms with Crippen LogP contribution in [0.1, 0.15) is 175 Å². The van der Waals surface area contributed by atoms with Crippen molar-refractivity contribution in [1.29, 1.82) is 0 Å². The molecule has 2 unspecified atom stereocenters. The van der Waals surface area contributed by atoms with E-state index in [4.69, 9.17) is 0 Å². The molecule has 0 aliphatic heterocycles. The second-order valence-corrected chi connectivity index (χ2v) is 11.2. The van der Waals surface area contributed by atoms with E-state index in [0.29, 0.717) is 0 Å². The first-order valence-electron chi connectivity index (χ1n) is 15.3. The van der Waals surface area contributed by atoms with Crippen molar-refractivity contribution in [3.05, 3.63) is 0 Å². The molecule has 1 aliphatic rings. The lowest BCUT2D eigenvalue weighted by Crippen LogP contribution is -2.26. The van der Waals surface area contributed by atoms with Crippen molar-refractivity contribution in [2.45, 2.75) is 175 Å². The van der Waals surface area contributed by atoms with Crippen molar-refractivity contribution in [3.8, 4) is 0 Å². The second-order valence-electron chi connectivity index (χ2n) is 11.2. The molecule has 0 amide bonds. The van der Waals surface area contributed by atoms with E-state index in [0.717, 1.165) is 23.7 Å².